The lowest BCUT2D eigenvalue weighted by atomic mass is 10.1. The highest BCUT2D eigenvalue weighted by molar-refractivity contribution is 6.31. The van der Waals surface area contributed by atoms with Crippen LogP contribution in [0.5, 0.6) is 0 Å². The molecule has 21 heavy (non-hydrogen) atoms. The molecule has 1 aliphatic heterocycles. The third kappa shape index (κ3) is 4.59. The number of nitrogens with one attached hydrogen (secondary N) is 2. The van der Waals surface area contributed by atoms with E-state index in [4.69, 9.17) is 16.3 Å². The Labute approximate surface area is 124 Å². The van der Waals surface area contributed by atoms with Crippen molar-refractivity contribution < 1.29 is 22.7 Å². The second kappa shape index (κ2) is 6.64. The van der Waals surface area contributed by atoms with Crippen LogP contribution in [-0.4, -0.2) is 31.7 Å². The second-order valence-electron chi connectivity index (χ2n) is 4.64. The number of amides is 1. The maximum Gasteiger partial charge on any atom is 0.417 e. The Kier molecular flexibility index (Phi) is 5.08. The molecule has 2 rings (SSSR count). The van der Waals surface area contributed by atoms with Gasteiger partial charge in [-0.25, -0.2) is 0 Å². The molecule has 1 fully saturated rings. The minimum absolute atomic E-state index is 0.0560. The number of ether oxygens (including phenoxy) is 1. The van der Waals surface area contributed by atoms with Crippen LogP contribution in [0.3, 0.4) is 0 Å². The highest BCUT2D eigenvalue weighted by Gasteiger charge is 2.33. The van der Waals surface area contributed by atoms with Crippen molar-refractivity contribution in [1.29, 1.82) is 0 Å². The largest absolute Gasteiger partial charge is 0.417 e. The molecular weight excluding hydrogens is 309 g/mol. The van der Waals surface area contributed by atoms with Crippen molar-refractivity contribution in [3.8, 4) is 0 Å². The van der Waals surface area contributed by atoms with Crippen molar-refractivity contribution in [2.75, 3.05) is 25.0 Å². The van der Waals surface area contributed by atoms with E-state index in [0.717, 1.165) is 18.7 Å². The predicted octanol–water partition coefficient (Wildman–Crippen LogP) is 2.68. The molecule has 0 spiro atoms. The van der Waals surface area contributed by atoms with Gasteiger partial charge >= 0.3 is 6.18 Å². The van der Waals surface area contributed by atoms with Gasteiger partial charge in [0.2, 0.25) is 5.91 Å². The van der Waals surface area contributed by atoms with Gasteiger partial charge < -0.3 is 15.4 Å². The molecule has 4 nitrogen and oxygen atoms in total. The molecule has 8 heteroatoms. The first kappa shape index (κ1) is 16.1. The van der Waals surface area contributed by atoms with Crippen LogP contribution in [-0.2, 0) is 15.7 Å². The molecule has 1 aliphatic rings. The Morgan fingerprint density at radius 3 is 2.86 bits per heavy atom. The molecule has 1 saturated heterocycles. The number of carbonyl (C=O) groups excluding carboxylic acids is 1. The summed E-state index contributed by atoms with van der Waals surface area (Å²) in [4.78, 5) is 11.8. The molecule has 0 aromatic heterocycles. The first-order valence-electron chi connectivity index (χ1n) is 6.35. The maximum absolute atomic E-state index is 12.7. The van der Waals surface area contributed by atoms with Gasteiger partial charge in [0.15, 0.2) is 0 Å². The Balaban J connectivity index is 2.00. The summed E-state index contributed by atoms with van der Waals surface area (Å²) in [7, 11) is 0. The molecule has 1 atom stereocenters. The van der Waals surface area contributed by atoms with Crippen molar-refractivity contribution in [1.82, 2.24) is 5.32 Å². The molecule has 2 N–H and O–H groups in total. The van der Waals surface area contributed by atoms with Crippen LogP contribution in [0.2, 0.25) is 5.02 Å². The van der Waals surface area contributed by atoms with Gasteiger partial charge in [0.25, 0.3) is 0 Å². The molecule has 1 unspecified atom stereocenters. The Bertz CT molecular complexity index is 517. The fourth-order valence-corrected chi connectivity index (χ4v) is 2.21. The molecule has 0 saturated carbocycles. The van der Waals surface area contributed by atoms with Crippen molar-refractivity contribution in [2.24, 2.45) is 0 Å². The fraction of sp³-hybridized carbons (Fsp3) is 0.462. The Morgan fingerprint density at radius 2 is 2.24 bits per heavy atom. The molecular formula is C13H14ClF3N2O2. The highest BCUT2D eigenvalue weighted by atomic mass is 35.5. The summed E-state index contributed by atoms with van der Waals surface area (Å²) >= 11 is 5.51. The lowest BCUT2D eigenvalue weighted by molar-refractivity contribution is -0.137. The van der Waals surface area contributed by atoms with Crippen molar-refractivity contribution in [2.45, 2.75) is 18.7 Å². The Morgan fingerprint density at radius 1 is 1.48 bits per heavy atom. The van der Waals surface area contributed by atoms with Crippen molar-refractivity contribution in [3.05, 3.63) is 28.8 Å². The second-order valence-corrected chi connectivity index (χ2v) is 5.05. The van der Waals surface area contributed by atoms with Gasteiger partial charge in [0.1, 0.15) is 0 Å². The molecule has 0 radical (unpaired) electrons. The molecule has 0 aliphatic carbocycles. The number of morpholine rings is 1. The zero-order valence-electron chi connectivity index (χ0n) is 11.0. The number of halogens is 4. The van der Waals surface area contributed by atoms with Crippen LogP contribution < -0.4 is 10.6 Å². The SMILES string of the molecule is O=C(CC1CNCCO1)Nc1ccc(Cl)c(C(F)(F)F)c1. The number of anilines is 1. The summed E-state index contributed by atoms with van der Waals surface area (Å²) in [5.74, 6) is -0.404. The quantitative estimate of drug-likeness (QED) is 0.899. The minimum Gasteiger partial charge on any atom is -0.375 e. The van der Waals surface area contributed by atoms with E-state index in [1.807, 2.05) is 0 Å². The van der Waals surface area contributed by atoms with Gasteiger partial charge in [-0.15, -0.1) is 0 Å². The van der Waals surface area contributed by atoms with Crippen LogP contribution in [0.4, 0.5) is 18.9 Å². The van der Waals surface area contributed by atoms with Crippen molar-refractivity contribution in [3.63, 3.8) is 0 Å². The van der Waals surface area contributed by atoms with Gasteiger partial charge in [0.05, 0.1) is 29.7 Å². The number of hydrogen-bond acceptors (Lipinski definition) is 3. The van der Waals surface area contributed by atoms with Gasteiger partial charge in [-0.2, -0.15) is 13.2 Å². The average molecular weight is 323 g/mol. The number of alkyl halides is 3. The van der Waals surface area contributed by atoms with Gasteiger partial charge in [-0.3, -0.25) is 4.79 Å². The van der Waals surface area contributed by atoms with E-state index < -0.39 is 22.7 Å². The lowest BCUT2D eigenvalue weighted by Gasteiger charge is -2.23. The summed E-state index contributed by atoms with van der Waals surface area (Å²) in [5.41, 5.74) is -0.918. The number of hydrogen-bond donors (Lipinski definition) is 2. The van der Waals surface area contributed by atoms with E-state index in [-0.39, 0.29) is 18.2 Å². The topological polar surface area (TPSA) is 50.4 Å². The molecule has 0 bridgehead atoms. The molecule has 116 valence electrons. The van der Waals surface area contributed by atoms with Gasteiger partial charge in [0, 0.05) is 18.8 Å². The maximum atomic E-state index is 12.7. The van der Waals surface area contributed by atoms with Crippen LogP contribution in [0.25, 0.3) is 0 Å². The predicted molar refractivity (Wildman–Crippen MR) is 72.3 cm³/mol. The normalized spacial score (nSPS) is 19.3. The van der Waals surface area contributed by atoms with E-state index in [0.29, 0.717) is 13.2 Å². The Hall–Kier alpha value is -1.31. The summed E-state index contributed by atoms with van der Waals surface area (Å²) < 4.78 is 43.5. The first-order valence-corrected chi connectivity index (χ1v) is 6.73. The zero-order chi connectivity index (χ0) is 15.5. The number of rotatable bonds is 3. The molecule has 1 amide bonds. The number of benzene rings is 1. The van der Waals surface area contributed by atoms with Crippen LogP contribution in [0.15, 0.2) is 18.2 Å². The van der Waals surface area contributed by atoms with Gasteiger partial charge in [-0.05, 0) is 18.2 Å². The van der Waals surface area contributed by atoms with Gasteiger partial charge in [-0.1, -0.05) is 11.6 Å². The van der Waals surface area contributed by atoms with E-state index >= 15 is 0 Å². The molecule has 1 aromatic carbocycles. The first-order chi connectivity index (χ1) is 9.86. The lowest BCUT2D eigenvalue weighted by Crippen LogP contribution is -2.40. The third-order valence-corrected chi connectivity index (χ3v) is 3.30. The molecule has 1 heterocycles. The molecule has 1 aromatic rings. The van der Waals surface area contributed by atoms with Crippen LogP contribution >= 0.6 is 11.6 Å². The van der Waals surface area contributed by atoms with Crippen LogP contribution in [0, 0.1) is 0 Å². The summed E-state index contributed by atoms with van der Waals surface area (Å²) in [6, 6.07) is 3.26. The van der Waals surface area contributed by atoms with Crippen molar-refractivity contribution >= 4 is 23.2 Å². The monoisotopic (exact) mass is 322 g/mol. The highest BCUT2D eigenvalue weighted by Crippen LogP contribution is 2.36. The zero-order valence-corrected chi connectivity index (χ0v) is 11.7. The van der Waals surface area contributed by atoms with E-state index in [9.17, 15) is 18.0 Å². The van der Waals surface area contributed by atoms with Crippen LogP contribution in [0.1, 0.15) is 12.0 Å². The average Bonchev–Trinajstić information content (AvgIpc) is 2.41. The minimum atomic E-state index is -4.56. The third-order valence-electron chi connectivity index (χ3n) is 2.97. The summed E-state index contributed by atoms with van der Waals surface area (Å²) in [6.07, 6.45) is -4.75. The van der Waals surface area contributed by atoms with E-state index in [2.05, 4.69) is 10.6 Å². The van der Waals surface area contributed by atoms with E-state index in [1.54, 1.807) is 0 Å². The fourth-order valence-electron chi connectivity index (χ4n) is 1.99. The smallest absolute Gasteiger partial charge is 0.375 e. The standard InChI is InChI=1S/C13H14ClF3N2O2/c14-11-2-1-8(5-10(11)13(15,16)17)19-12(20)6-9-7-18-3-4-21-9/h1-2,5,9,18H,3-4,6-7H2,(H,19,20). The summed E-state index contributed by atoms with van der Waals surface area (Å²) in [5, 5.41) is 5.09. The van der Waals surface area contributed by atoms with E-state index in [1.165, 1.54) is 6.07 Å². The number of carbonyl (C=O) groups is 1. The summed E-state index contributed by atoms with van der Waals surface area (Å²) in [6.45, 7) is 1.78.